The Morgan fingerprint density at radius 3 is 2.73 bits per heavy atom. The molecule has 0 fully saturated rings. The molecule has 1 N–H and O–H groups in total. The number of hydrogen-bond acceptors (Lipinski definition) is 4. The lowest BCUT2D eigenvalue weighted by molar-refractivity contribution is -0.384. The number of hydrogen-bond donors (Lipinski definition) is 1. The first-order valence-corrected chi connectivity index (χ1v) is 7.37. The minimum atomic E-state index is -0.385. The Morgan fingerprint density at radius 1 is 1.18 bits per heavy atom. The maximum Gasteiger partial charge on any atom is 0.269 e. The first kappa shape index (κ1) is 14.7. The summed E-state index contributed by atoms with van der Waals surface area (Å²) < 4.78 is 5.84. The monoisotopic (exact) mass is 298 g/mol. The molecule has 1 atom stereocenters. The second-order valence-corrected chi connectivity index (χ2v) is 5.36. The number of non-ortho nitro benzene ring substituents is 1. The molecule has 3 rings (SSSR count). The molecule has 0 aliphatic carbocycles. The molecule has 0 aromatic heterocycles. The molecule has 0 saturated heterocycles. The molecule has 0 bridgehead atoms. The molecule has 114 valence electrons. The molecule has 2 aromatic carbocycles. The molecule has 0 radical (unpaired) electrons. The van der Waals surface area contributed by atoms with Gasteiger partial charge in [0.2, 0.25) is 0 Å². The van der Waals surface area contributed by atoms with Crippen LogP contribution in [0.1, 0.15) is 22.8 Å². The molecule has 2 aromatic rings. The van der Waals surface area contributed by atoms with Crippen molar-refractivity contribution in [1.82, 2.24) is 5.32 Å². The Balaban J connectivity index is 1.56. The first-order chi connectivity index (χ1) is 10.7. The van der Waals surface area contributed by atoms with E-state index in [9.17, 15) is 10.1 Å². The van der Waals surface area contributed by atoms with Crippen molar-refractivity contribution in [3.8, 4) is 0 Å². The van der Waals surface area contributed by atoms with Crippen LogP contribution >= 0.6 is 0 Å². The zero-order valence-electron chi connectivity index (χ0n) is 12.2. The van der Waals surface area contributed by atoms with Crippen molar-refractivity contribution >= 4 is 5.69 Å². The van der Waals surface area contributed by atoms with Crippen molar-refractivity contribution in [1.29, 1.82) is 0 Å². The average molecular weight is 298 g/mol. The molecule has 1 aliphatic rings. The zero-order valence-corrected chi connectivity index (χ0v) is 12.2. The summed E-state index contributed by atoms with van der Waals surface area (Å²) in [5, 5.41) is 14.0. The van der Waals surface area contributed by atoms with E-state index in [0.717, 1.165) is 25.1 Å². The molecule has 1 aliphatic heterocycles. The van der Waals surface area contributed by atoms with Gasteiger partial charge in [-0.15, -0.1) is 0 Å². The number of fused-ring (bicyclic) bond motifs is 1. The van der Waals surface area contributed by atoms with E-state index in [1.807, 2.05) is 6.07 Å². The topological polar surface area (TPSA) is 64.4 Å². The van der Waals surface area contributed by atoms with Gasteiger partial charge in [0.1, 0.15) is 0 Å². The van der Waals surface area contributed by atoms with Crippen LogP contribution in [-0.4, -0.2) is 18.1 Å². The van der Waals surface area contributed by atoms with E-state index in [0.29, 0.717) is 6.54 Å². The number of nitro groups is 1. The SMILES string of the molecule is O=[N+]([O-])c1ccc(CNC[C@@H]2OCCc3ccccc32)cc1. The fraction of sp³-hybridized carbons (Fsp3) is 0.294. The normalized spacial score (nSPS) is 17.0. The Morgan fingerprint density at radius 2 is 1.95 bits per heavy atom. The predicted molar refractivity (Wildman–Crippen MR) is 83.6 cm³/mol. The third kappa shape index (κ3) is 3.32. The van der Waals surface area contributed by atoms with E-state index in [2.05, 4.69) is 23.5 Å². The number of ether oxygens (including phenoxy) is 1. The van der Waals surface area contributed by atoms with Crippen LogP contribution in [0.5, 0.6) is 0 Å². The number of nitrogens with one attached hydrogen (secondary N) is 1. The highest BCUT2D eigenvalue weighted by molar-refractivity contribution is 5.33. The lowest BCUT2D eigenvalue weighted by atomic mass is 9.97. The van der Waals surface area contributed by atoms with Crippen molar-refractivity contribution in [2.75, 3.05) is 13.2 Å². The van der Waals surface area contributed by atoms with Crippen molar-refractivity contribution in [2.45, 2.75) is 19.1 Å². The van der Waals surface area contributed by atoms with Crippen LogP contribution < -0.4 is 5.32 Å². The van der Waals surface area contributed by atoms with Crippen LogP contribution in [0.4, 0.5) is 5.69 Å². The highest BCUT2D eigenvalue weighted by Gasteiger charge is 2.19. The number of benzene rings is 2. The van der Waals surface area contributed by atoms with Gasteiger partial charge in [0.25, 0.3) is 5.69 Å². The van der Waals surface area contributed by atoms with Gasteiger partial charge in [0.05, 0.1) is 17.6 Å². The Kier molecular flexibility index (Phi) is 4.46. The largest absolute Gasteiger partial charge is 0.372 e. The van der Waals surface area contributed by atoms with Gasteiger partial charge in [0.15, 0.2) is 0 Å². The zero-order chi connectivity index (χ0) is 15.4. The van der Waals surface area contributed by atoms with Gasteiger partial charge >= 0.3 is 0 Å². The molecule has 22 heavy (non-hydrogen) atoms. The first-order valence-electron chi connectivity index (χ1n) is 7.37. The van der Waals surface area contributed by atoms with Gasteiger partial charge in [-0.3, -0.25) is 10.1 Å². The molecule has 1 heterocycles. The summed E-state index contributed by atoms with van der Waals surface area (Å²) in [6, 6.07) is 15.0. The van der Waals surface area contributed by atoms with Gasteiger partial charge in [-0.25, -0.2) is 0 Å². The van der Waals surface area contributed by atoms with Crippen LogP contribution in [-0.2, 0) is 17.7 Å². The minimum Gasteiger partial charge on any atom is -0.372 e. The van der Waals surface area contributed by atoms with Crippen LogP contribution in [0.3, 0.4) is 0 Å². The Bertz CT molecular complexity index is 655. The molecule has 0 spiro atoms. The molecular weight excluding hydrogens is 280 g/mol. The standard InChI is InChI=1S/C17H18N2O3/c20-19(21)15-7-5-13(6-8-15)11-18-12-17-16-4-2-1-3-14(16)9-10-22-17/h1-8,17-18H,9-12H2/t17-/m0/s1. The molecule has 0 unspecified atom stereocenters. The van der Waals surface area contributed by atoms with Gasteiger partial charge in [-0.2, -0.15) is 0 Å². The second kappa shape index (κ2) is 6.68. The smallest absolute Gasteiger partial charge is 0.269 e. The summed E-state index contributed by atoms with van der Waals surface area (Å²) in [4.78, 5) is 10.2. The number of rotatable bonds is 5. The fourth-order valence-electron chi connectivity index (χ4n) is 2.73. The summed E-state index contributed by atoms with van der Waals surface area (Å²) in [5.74, 6) is 0. The summed E-state index contributed by atoms with van der Waals surface area (Å²) in [6.07, 6.45) is 1.04. The van der Waals surface area contributed by atoms with Gasteiger partial charge in [-0.05, 0) is 23.1 Å². The maximum atomic E-state index is 10.6. The van der Waals surface area contributed by atoms with Crippen molar-refractivity contribution < 1.29 is 9.66 Å². The quantitative estimate of drug-likeness (QED) is 0.681. The lowest BCUT2D eigenvalue weighted by Gasteiger charge is -2.26. The summed E-state index contributed by atoms with van der Waals surface area (Å²) in [7, 11) is 0. The van der Waals surface area contributed by atoms with Gasteiger partial charge in [0, 0.05) is 25.2 Å². The predicted octanol–water partition coefficient (Wildman–Crippen LogP) is 3.00. The van der Waals surface area contributed by atoms with Crippen molar-refractivity contribution in [3.63, 3.8) is 0 Å². The van der Waals surface area contributed by atoms with Crippen LogP contribution in [0.15, 0.2) is 48.5 Å². The molecule has 0 amide bonds. The van der Waals surface area contributed by atoms with Crippen LogP contribution in [0.2, 0.25) is 0 Å². The Labute approximate surface area is 129 Å². The van der Waals surface area contributed by atoms with Crippen molar-refractivity contribution in [3.05, 3.63) is 75.3 Å². The van der Waals surface area contributed by atoms with E-state index >= 15 is 0 Å². The van der Waals surface area contributed by atoms with Gasteiger partial charge < -0.3 is 10.1 Å². The summed E-state index contributed by atoms with van der Waals surface area (Å²) in [6.45, 7) is 2.15. The number of nitrogens with zero attached hydrogens (tertiary/aromatic N) is 1. The second-order valence-electron chi connectivity index (χ2n) is 5.36. The minimum absolute atomic E-state index is 0.0722. The highest BCUT2D eigenvalue weighted by atomic mass is 16.6. The molecule has 5 heteroatoms. The fourth-order valence-corrected chi connectivity index (χ4v) is 2.73. The maximum absolute atomic E-state index is 10.6. The third-order valence-electron chi connectivity index (χ3n) is 3.90. The van der Waals surface area contributed by atoms with E-state index in [1.165, 1.54) is 23.3 Å². The third-order valence-corrected chi connectivity index (χ3v) is 3.90. The summed E-state index contributed by atoms with van der Waals surface area (Å²) in [5.41, 5.74) is 3.75. The van der Waals surface area contributed by atoms with E-state index in [-0.39, 0.29) is 16.7 Å². The lowest BCUT2D eigenvalue weighted by Crippen LogP contribution is -2.27. The average Bonchev–Trinajstić information content (AvgIpc) is 2.55. The molecule has 5 nitrogen and oxygen atoms in total. The van der Waals surface area contributed by atoms with Crippen LogP contribution in [0, 0.1) is 10.1 Å². The number of nitro benzene ring substituents is 1. The van der Waals surface area contributed by atoms with E-state index in [4.69, 9.17) is 4.74 Å². The van der Waals surface area contributed by atoms with E-state index in [1.54, 1.807) is 12.1 Å². The summed E-state index contributed by atoms with van der Waals surface area (Å²) >= 11 is 0. The Hall–Kier alpha value is -2.24. The van der Waals surface area contributed by atoms with Gasteiger partial charge in [-0.1, -0.05) is 36.4 Å². The molecule has 0 saturated carbocycles. The van der Waals surface area contributed by atoms with Crippen molar-refractivity contribution in [2.24, 2.45) is 0 Å². The highest BCUT2D eigenvalue weighted by Crippen LogP contribution is 2.26. The van der Waals surface area contributed by atoms with Crippen LogP contribution in [0.25, 0.3) is 0 Å². The molecular formula is C17H18N2O3. The van der Waals surface area contributed by atoms with E-state index < -0.39 is 0 Å².